The lowest BCUT2D eigenvalue weighted by Gasteiger charge is -2.63. The first-order valence-electron chi connectivity index (χ1n) is 15.0. The van der Waals surface area contributed by atoms with E-state index in [2.05, 4.69) is 37.9 Å². The van der Waals surface area contributed by atoms with Crippen molar-refractivity contribution in [2.45, 2.75) is 120 Å². The summed E-state index contributed by atoms with van der Waals surface area (Å²) in [5, 5.41) is 15.5. The van der Waals surface area contributed by atoms with Crippen molar-refractivity contribution in [3.63, 3.8) is 0 Å². The number of piperidine rings is 1. The van der Waals surface area contributed by atoms with E-state index in [0.29, 0.717) is 41.1 Å². The van der Waals surface area contributed by atoms with E-state index >= 15 is 0 Å². The molecule has 1 saturated heterocycles. The van der Waals surface area contributed by atoms with E-state index in [9.17, 15) is 5.11 Å². The van der Waals surface area contributed by atoms with E-state index in [4.69, 9.17) is 34.8 Å². The van der Waals surface area contributed by atoms with Crippen molar-refractivity contribution in [2.75, 3.05) is 26.2 Å². The van der Waals surface area contributed by atoms with Crippen molar-refractivity contribution in [3.05, 3.63) is 0 Å². The normalized spacial score (nSPS) is 43.8. The van der Waals surface area contributed by atoms with Crippen LogP contribution >= 0.6 is 34.8 Å². The van der Waals surface area contributed by atoms with Gasteiger partial charge in [0, 0.05) is 36.5 Å². The highest BCUT2D eigenvalue weighted by Crippen LogP contribution is 2.67. The van der Waals surface area contributed by atoms with Crippen LogP contribution in [-0.4, -0.2) is 57.5 Å². The quantitative estimate of drug-likeness (QED) is 0.306. The second-order valence-corrected chi connectivity index (χ2v) is 17.1. The molecule has 0 amide bonds. The molecule has 0 aromatic rings. The summed E-state index contributed by atoms with van der Waals surface area (Å²) in [6.07, 6.45) is 12.4. The number of likely N-dealkylation sites (tertiary alicyclic amines) is 1. The molecule has 2 N–H and O–H groups in total. The minimum Gasteiger partial charge on any atom is -0.390 e. The molecule has 1 aliphatic heterocycles. The van der Waals surface area contributed by atoms with E-state index in [1.807, 2.05) is 0 Å². The predicted molar refractivity (Wildman–Crippen MR) is 153 cm³/mol. The third-order valence-electron chi connectivity index (χ3n) is 11.3. The Morgan fingerprint density at radius 3 is 2.19 bits per heavy atom. The first kappa shape index (κ1) is 28.3. The minimum absolute atomic E-state index is 0.147. The van der Waals surface area contributed by atoms with Gasteiger partial charge in [0.15, 0.2) is 0 Å². The number of nitrogens with zero attached hydrogens (tertiary/aromatic N) is 1. The Bertz CT molecular complexity index is 764. The van der Waals surface area contributed by atoms with Crippen LogP contribution in [0, 0.1) is 40.4 Å². The molecule has 6 fully saturated rings. The molecule has 0 aromatic carbocycles. The second kappa shape index (κ2) is 10.3. The third kappa shape index (κ3) is 5.64. The zero-order valence-corrected chi connectivity index (χ0v) is 25.4. The average molecular weight is 562 g/mol. The molecular weight excluding hydrogens is 511 g/mol. The van der Waals surface area contributed by atoms with Crippen molar-refractivity contribution < 1.29 is 5.11 Å². The summed E-state index contributed by atoms with van der Waals surface area (Å²) < 4.78 is -0.834. The molecule has 0 aromatic heterocycles. The molecule has 6 rings (SSSR count). The summed E-state index contributed by atoms with van der Waals surface area (Å²) in [7, 11) is 0. The van der Waals surface area contributed by atoms with Crippen LogP contribution < -0.4 is 5.32 Å². The summed E-state index contributed by atoms with van der Waals surface area (Å²) in [6.45, 7) is 13.6. The highest BCUT2D eigenvalue weighted by molar-refractivity contribution is 6.49. The monoisotopic (exact) mass is 560 g/mol. The first-order valence-corrected chi connectivity index (χ1v) is 16.2. The van der Waals surface area contributed by atoms with Crippen LogP contribution in [0.5, 0.6) is 0 Å². The highest BCUT2D eigenvalue weighted by Gasteiger charge is 2.63. The Kier molecular flexibility index (Phi) is 8.09. The molecule has 36 heavy (non-hydrogen) atoms. The van der Waals surface area contributed by atoms with E-state index < -0.39 is 9.93 Å². The van der Waals surface area contributed by atoms with Crippen molar-refractivity contribution in [1.82, 2.24) is 10.2 Å². The lowest BCUT2D eigenvalue weighted by molar-refractivity contribution is -0.168. The van der Waals surface area contributed by atoms with E-state index in [-0.39, 0.29) is 5.41 Å². The molecule has 3 nitrogen and oxygen atoms in total. The molecule has 208 valence electrons. The van der Waals surface area contributed by atoms with Crippen LogP contribution in [0.4, 0.5) is 0 Å². The Hall–Kier alpha value is 0.750. The molecule has 6 aliphatic rings. The van der Waals surface area contributed by atoms with Gasteiger partial charge in [-0.25, -0.2) is 0 Å². The number of hydrogen-bond acceptors (Lipinski definition) is 3. The van der Waals surface area contributed by atoms with Crippen LogP contribution in [0.3, 0.4) is 0 Å². The maximum atomic E-state index is 11.2. The van der Waals surface area contributed by atoms with Crippen molar-refractivity contribution in [2.24, 2.45) is 40.4 Å². The fraction of sp³-hybridized carbons (Fsp3) is 1.00. The topological polar surface area (TPSA) is 35.5 Å². The Balaban J connectivity index is 1.18. The molecule has 6 heteroatoms. The van der Waals surface area contributed by atoms with Gasteiger partial charge in [0.05, 0.1) is 5.60 Å². The van der Waals surface area contributed by atoms with Gasteiger partial charge in [0.2, 0.25) is 0 Å². The molecule has 5 saturated carbocycles. The third-order valence-corrected chi connectivity index (χ3v) is 12.8. The zero-order chi connectivity index (χ0) is 25.9. The van der Waals surface area contributed by atoms with Gasteiger partial charge in [-0.15, -0.1) is 11.6 Å². The maximum Gasteiger partial charge on any atom is 0.136 e. The van der Waals surface area contributed by atoms with Gasteiger partial charge in [0.25, 0.3) is 0 Å². The van der Waals surface area contributed by atoms with Crippen LogP contribution in [-0.2, 0) is 0 Å². The number of hydrogen-bond donors (Lipinski definition) is 2. The maximum absolute atomic E-state index is 11.2. The summed E-state index contributed by atoms with van der Waals surface area (Å²) in [6, 6.07) is 0.359. The summed E-state index contributed by atoms with van der Waals surface area (Å²) in [4.78, 5) is 2.69. The van der Waals surface area contributed by atoms with E-state index in [0.717, 1.165) is 57.0 Å². The van der Waals surface area contributed by atoms with Crippen molar-refractivity contribution in [1.29, 1.82) is 0 Å². The summed E-state index contributed by atoms with van der Waals surface area (Å²) in [5.74, 6) is 3.35. The molecule has 0 radical (unpaired) electrons. The Morgan fingerprint density at radius 2 is 1.64 bits per heavy atom. The molecule has 0 spiro atoms. The first-order chi connectivity index (χ1) is 16.8. The summed E-state index contributed by atoms with van der Waals surface area (Å²) >= 11 is 20.9. The number of nitrogens with one attached hydrogen (secondary N) is 1. The molecule has 4 atom stereocenters. The van der Waals surface area contributed by atoms with Crippen LogP contribution in [0.25, 0.3) is 0 Å². The molecule has 3 unspecified atom stereocenters. The van der Waals surface area contributed by atoms with E-state index in [1.54, 1.807) is 0 Å². The smallest absolute Gasteiger partial charge is 0.136 e. The number of aliphatic hydroxyl groups is 1. The van der Waals surface area contributed by atoms with Gasteiger partial charge in [-0.2, -0.15) is 0 Å². The van der Waals surface area contributed by atoms with Gasteiger partial charge < -0.3 is 15.3 Å². The predicted octanol–water partition coefficient (Wildman–Crippen LogP) is 7.25. The SMILES string of the molecule is CC(C)[C@H](CN1CCC(C2CCC(Cl)CC2)C(C)(C)C1)NCC(Cl)(Cl)C12CC3CC(CC(O)(C3)C1)C2. The average Bonchev–Trinajstić information content (AvgIpc) is 2.75. The lowest BCUT2D eigenvalue weighted by Crippen LogP contribution is -2.63. The van der Waals surface area contributed by atoms with Gasteiger partial charge in [0.1, 0.15) is 4.33 Å². The molecular formula is C30H51Cl3N2O. The van der Waals surface area contributed by atoms with Crippen LogP contribution in [0.2, 0.25) is 0 Å². The van der Waals surface area contributed by atoms with Crippen LogP contribution in [0.1, 0.15) is 98.3 Å². The van der Waals surface area contributed by atoms with Gasteiger partial charge >= 0.3 is 0 Å². The van der Waals surface area contributed by atoms with Gasteiger partial charge in [-0.3, -0.25) is 0 Å². The molecule has 4 bridgehead atoms. The number of halogens is 3. The van der Waals surface area contributed by atoms with Crippen molar-refractivity contribution >= 4 is 34.8 Å². The molecule has 5 aliphatic carbocycles. The Labute approximate surface area is 235 Å². The largest absolute Gasteiger partial charge is 0.390 e. The fourth-order valence-corrected chi connectivity index (χ4v) is 10.7. The summed E-state index contributed by atoms with van der Waals surface area (Å²) in [5.41, 5.74) is -0.345. The van der Waals surface area contributed by atoms with Gasteiger partial charge in [-0.1, -0.05) is 50.9 Å². The minimum atomic E-state index is -0.834. The van der Waals surface area contributed by atoms with Crippen molar-refractivity contribution in [3.8, 4) is 0 Å². The fourth-order valence-electron chi connectivity index (χ4n) is 9.87. The van der Waals surface area contributed by atoms with Gasteiger partial charge in [-0.05, 0) is 112 Å². The number of rotatable bonds is 8. The lowest BCUT2D eigenvalue weighted by atomic mass is 9.47. The number of alkyl halides is 3. The second-order valence-electron chi connectivity index (χ2n) is 15.0. The molecule has 1 heterocycles. The Morgan fingerprint density at radius 1 is 1.00 bits per heavy atom. The zero-order valence-electron chi connectivity index (χ0n) is 23.2. The standard InChI is InChI=1S/C30H51Cl3N2O/c1-20(2)26(16-35-10-9-25(27(3,4)19-35)23-5-7-24(31)8-6-23)34-18-30(32,33)28-12-21-11-22(13-28)15-29(36,14-21)17-28/h20-26,34,36H,5-19H2,1-4H3/t21?,22?,23?,24?,25?,26-,28?,29?/m0/s1. The van der Waals surface area contributed by atoms with Crippen LogP contribution in [0.15, 0.2) is 0 Å². The highest BCUT2D eigenvalue weighted by atomic mass is 35.5. The van der Waals surface area contributed by atoms with E-state index in [1.165, 1.54) is 45.1 Å².